The fourth-order valence-electron chi connectivity index (χ4n) is 1.71. The van der Waals surface area contributed by atoms with E-state index in [4.69, 9.17) is 0 Å². The Labute approximate surface area is 82.9 Å². The van der Waals surface area contributed by atoms with Crippen LogP contribution in [-0.4, -0.2) is 11.2 Å². The summed E-state index contributed by atoms with van der Waals surface area (Å²) in [6.07, 6.45) is 9.65. The quantitative estimate of drug-likeness (QED) is 0.600. The van der Waals surface area contributed by atoms with E-state index in [2.05, 4.69) is 26.0 Å². The summed E-state index contributed by atoms with van der Waals surface area (Å²) < 4.78 is 0. The molecule has 0 rings (SSSR count). The van der Waals surface area contributed by atoms with E-state index in [0.717, 1.165) is 25.7 Å². The molecule has 0 aromatic heterocycles. The number of rotatable bonds is 7. The molecule has 0 aliphatic carbocycles. The molecule has 0 fully saturated rings. The highest BCUT2D eigenvalue weighted by Gasteiger charge is 2.15. The van der Waals surface area contributed by atoms with Crippen molar-refractivity contribution in [2.45, 2.75) is 59.0 Å². The van der Waals surface area contributed by atoms with Crippen LogP contribution >= 0.6 is 0 Å². The number of hydrogen-bond acceptors (Lipinski definition) is 1. The van der Waals surface area contributed by atoms with Gasteiger partial charge in [0.2, 0.25) is 0 Å². The molecule has 13 heavy (non-hydrogen) atoms. The molecule has 1 nitrogen and oxygen atoms in total. The number of aliphatic hydroxyl groups is 1. The number of hydrogen-bond donors (Lipinski definition) is 1. The average molecular weight is 184 g/mol. The Hall–Kier alpha value is -0.300. The first-order valence-electron chi connectivity index (χ1n) is 5.55. The van der Waals surface area contributed by atoms with Gasteiger partial charge >= 0.3 is 0 Å². The summed E-state index contributed by atoms with van der Waals surface area (Å²) in [6, 6.07) is 0. The predicted octanol–water partition coefficient (Wildman–Crippen LogP) is 3.53. The molecule has 78 valence electrons. The van der Waals surface area contributed by atoms with Crippen LogP contribution in [0.2, 0.25) is 0 Å². The van der Waals surface area contributed by atoms with Crippen LogP contribution in [-0.2, 0) is 0 Å². The fourth-order valence-corrected chi connectivity index (χ4v) is 1.71. The first-order chi connectivity index (χ1) is 6.26. The maximum Gasteiger partial charge on any atom is 0.0565 e. The molecule has 0 aliphatic rings. The van der Waals surface area contributed by atoms with Crippen molar-refractivity contribution in [3.63, 3.8) is 0 Å². The van der Waals surface area contributed by atoms with Crippen molar-refractivity contribution in [2.24, 2.45) is 5.92 Å². The highest BCUT2D eigenvalue weighted by Crippen LogP contribution is 2.20. The molecule has 0 bridgehead atoms. The van der Waals surface area contributed by atoms with Gasteiger partial charge in [0.05, 0.1) is 6.10 Å². The lowest BCUT2D eigenvalue weighted by atomic mass is 9.91. The molecule has 2 unspecified atom stereocenters. The van der Waals surface area contributed by atoms with Gasteiger partial charge in [0, 0.05) is 0 Å². The van der Waals surface area contributed by atoms with Gasteiger partial charge in [-0.1, -0.05) is 32.4 Å². The van der Waals surface area contributed by atoms with Gasteiger partial charge in [0.1, 0.15) is 0 Å². The summed E-state index contributed by atoms with van der Waals surface area (Å²) in [6.45, 7) is 6.29. The third-order valence-electron chi connectivity index (χ3n) is 2.56. The zero-order chi connectivity index (χ0) is 10.1. The van der Waals surface area contributed by atoms with E-state index in [1.807, 2.05) is 6.92 Å². The minimum atomic E-state index is -0.0924. The Morgan fingerprint density at radius 1 is 1.23 bits per heavy atom. The number of aliphatic hydroxyl groups excluding tert-OH is 1. The largest absolute Gasteiger partial charge is 0.393 e. The highest BCUT2D eigenvalue weighted by molar-refractivity contribution is 4.79. The van der Waals surface area contributed by atoms with E-state index in [-0.39, 0.29) is 6.10 Å². The van der Waals surface area contributed by atoms with Crippen LogP contribution in [0.3, 0.4) is 0 Å². The summed E-state index contributed by atoms with van der Waals surface area (Å²) in [5.41, 5.74) is 0. The van der Waals surface area contributed by atoms with Crippen LogP contribution in [0.25, 0.3) is 0 Å². The Morgan fingerprint density at radius 3 is 2.38 bits per heavy atom. The molecule has 0 amide bonds. The third-order valence-corrected chi connectivity index (χ3v) is 2.56. The third kappa shape index (κ3) is 5.87. The van der Waals surface area contributed by atoms with Gasteiger partial charge < -0.3 is 5.11 Å². The van der Waals surface area contributed by atoms with Crippen molar-refractivity contribution in [1.29, 1.82) is 0 Å². The summed E-state index contributed by atoms with van der Waals surface area (Å²) >= 11 is 0. The first-order valence-corrected chi connectivity index (χ1v) is 5.55. The van der Waals surface area contributed by atoms with Crippen LogP contribution in [0, 0.1) is 5.92 Å². The van der Waals surface area contributed by atoms with Gasteiger partial charge in [0.15, 0.2) is 0 Å². The van der Waals surface area contributed by atoms with Crippen LogP contribution in [0.1, 0.15) is 52.9 Å². The second kappa shape index (κ2) is 8.31. The lowest BCUT2D eigenvalue weighted by Crippen LogP contribution is -2.19. The monoisotopic (exact) mass is 184 g/mol. The smallest absolute Gasteiger partial charge is 0.0565 e. The molecule has 0 spiro atoms. The maximum atomic E-state index is 9.72. The van der Waals surface area contributed by atoms with E-state index in [1.54, 1.807) is 0 Å². The predicted molar refractivity (Wildman–Crippen MR) is 58.7 cm³/mol. The van der Waals surface area contributed by atoms with Gasteiger partial charge in [-0.05, 0) is 38.5 Å². The van der Waals surface area contributed by atoms with E-state index in [9.17, 15) is 5.11 Å². The number of allylic oxidation sites excluding steroid dienone is 2. The van der Waals surface area contributed by atoms with Gasteiger partial charge in [-0.15, -0.1) is 0 Å². The Kier molecular flexibility index (Phi) is 8.11. The van der Waals surface area contributed by atoms with E-state index >= 15 is 0 Å². The van der Waals surface area contributed by atoms with Crippen LogP contribution < -0.4 is 0 Å². The molecule has 2 atom stereocenters. The molecule has 1 heteroatoms. The van der Waals surface area contributed by atoms with Crippen molar-refractivity contribution in [3.8, 4) is 0 Å². The second-order valence-corrected chi connectivity index (χ2v) is 3.67. The van der Waals surface area contributed by atoms with Crippen molar-refractivity contribution < 1.29 is 5.11 Å². The highest BCUT2D eigenvalue weighted by atomic mass is 16.3. The minimum Gasteiger partial charge on any atom is -0.393 e. The molecule has 0 saturated heterocycles. The van der Waals surface area contributed by atoms with Gasteiger partial charge in [-0.25, -0.2) is 0 Å². The molecule has 0 saturated carbocycles. The summed E-state index contributed by atoms with van der Waals surface area (Å²) in [5.74, 6) is 0.506. The van der Waals surface area contributed by atoms with E-state index in [1.165, 1.54) is 6.42 Å². The van der Waals surface area contributed by atoms with Gasteiger partial charge in [0.25, 0.3) is 0 Å². The van der Waals surface area contributed by atoms with Crippen molar-refractivity contribution in [2.75, 3.05) is 0 Å². The second-order valence-electron chi connectivity index (χ2n) is 3.67. The van der Waals surface area contributed by atoms with Crippen LogP contribution in [0.5, 0.6) is 0 Å². The summed E-state index contributed by atoms with van der Waals surface area (Å²) in [5, 5.41) is 9.72. The Morgan fingerprint density at radius 2 is 1.92 bits per heavy atom. The molecule has 1 N–H and O–H groups in total. The van der Waals surface area contributed by atoms with Crippen molar-refractivity contribution in [3.05, 3.63) is 12.2 Å². The average Bonchev–Trinajstić information content (AvgIpc) is 2.16. The lowest BCUT2D eigenvalue weighted by Gasteiger charge is -2.20. The fraction of sp³-hybridized carbons (Fsp3) is 0.833. The zero-order valence-electron chi connectivity index (χ0n) is 9.29. The van der Waals surface area contributed by atoms with Crippen molar-refractivity contribution in [1.82, 2.24) is 0 Å². The molecule has 0 aromatic rings. The zero-order valence-corrected chi connectivity index (χ0v) is 9.29. The van der Waals surface area contributed by atoms with E-state index in [0.29, 0.717) is 5.92 Å². The lowest BCUT2D eigenvalue weighted by molar-refractivity contribution is 0.0936. The SMILES string of the molecule is CC=CCCC(CCC)C(O)CC. The normalized spacial score (nSPS) is 16.3. The Bertz CT molecular complexity index is 129. The minimum absolute atomic E-state index is 0.0924. The van der Waals surface area contributed by atoms with Crippen LogP contribution in [0.4, 0.5) is 0 Å². The Balaban J connectivity index is 3.78. The molecular weight excluding hydrogens is 160 g/mol. The topological polar surface area (TPSA) is 20.2 Å². The standard InChI is InChI=1S/C12H24O/c1-4-7-8-10-11(9-5-2)12(13)6-3/h4,7,11-13H,5-6,8-10H2,1-3H3. The van der Waals surface area contributed by atoms with Gasteiger partial charge in [-0.3, -0.25) is 0 Å². The molecular formula is C12H24O. The maximum absolute atomic E-state index is 9.72. The molecule has 0 radical (unpaired) electrons. The van der Waals surface area contributed by atoms with Crippen LogP contribution in [0.15, 0.2) is 12.2 Å². The molecule has 0 aliphatic heterocycles. The summed E-state index contributed by atoms with van der Waals surface area (Å²) in [7, 11) is 0. The van der Waals surface area contributed by atoms with Gasteiger partial charge in [-0.2, -0.15) is 0 Å². The summed E-state index contributed by atoms with van der Waals surface area (Å²) in [4.78, 5) is 0. The van der Waals surface area contributed by atoms with Crippen molar-refractivity contribution >= 4 is 0 Å². The molecule has 0 aromatic carbocycles. The van der Waals surface area contributed by atoms with E-state index < -0.39 is 0 Å². The molecule has 0 heterocycles. The first kappa shape index (κ1) is 12.7.